The first-order valence-corrected chi connectivity index (χ1v) is 8.87. The first kappa shape index (κ1) is 16.1. The van der Waals surface area contributed by atoms with E-state index in [2.05, 4.69) is 32.1 Å². The van der Waals surface area contributed by atoms with Gasteiger partial charge < -0.3 is 4.90 Å². The lowest BCUT2D eigenvalue weighted by Crippen LogP contribution is -2.38. The van der Waals surface area contributed by atoms with Crippen LogP contribution in [0.4, 0.5) is 5.69 Å². The molecular formula is C18H20ClN5O. The van der Waals surface area contributed by atoms with Crippen molar-refractivity contribution in [3.63, 3.8) is 0 Å². The van der Waals surface area contributed by atoms with Gasteiger partial charge in [0.05, 0.1) is 5.69 Å². The smallest absolute Gasteiger partial charge is 0.297 e. The maximum Gasteiger partial charge on any atom is 0.297 e. The Hall–Kier alpha value is -2.34. The number of fused-ring (bicyclic) bond motifs is 1. The highest BCUT2D eigenvalue weighted by Gasteiger charge is 2.25. The molecule has 1 fully saturated rings. The van der Waals surface area contributed by atoms with Crippen LogP contribution in [-0.4, -0.2) is 32.7 Å². The average molecular weight is 358 g/mol. The van der Waals surface area contributed by atoms with Crippen molar-refractivity contribution >= 4 is 23.1 Å². The second kappa shape index (κ2) is 6.19. The summed E-state index contributed by atoms with van der Waals surface area (Å²) in [4.78, 5) is 23.7. The fourth-order valence-corrected chi connectivity index (χ4v) is 3.78. The Morgan fingerprint density at radius 3 is 2.48 bits per heavy atom. The highest BCUT2D eigenvalue weighted by Crippen LogP contribution is 2.30. The van der Waals surface area contributed by atoms with Crippen molar-refractivity contribution < 1.29 is 0 Å². The van der Waals surface area contributed by atoms with Crippen LogP contribution in [0.1, 0.15) is 35.8 Å². The SMILES string of the molecule is Cc1nc2nc(C)c(N3CCC(c4ccc(Cl)cc4)CC3)c(=O)n2[nH]1. The number of halogens is 1. The number of H-pyrrole nitrogens is 1. The topological polar surface area (TPSA) is 66.3 Å². The van der Waals surface area contributed by atoms with Crippen molar-refractivity contribution in [3.8, 4) is 0 Å². The van der Waals surface area contributed by atoms with Crippen LogP contribution in [0.5, 0.6) is 0 Å². The maximum atomic E-state index is 12.8. The minimum Gasteiger partial charge on any atom is -0.365 e. The zero-order chi connectivity index (χ0) is 17.6. The maximum absolute atomic E-state index is 12.8. The van der Waals surface area contributed by atoms with Gasteiger partial charge in [-0.2, -0.15) is 9.50 Å². The van der Waals surface area contributed by atoms with E-state index in [1.54, 1.807) is 0 Å². The summed E-state index contributed by atoms with van der Waals surface area (Å²) < 4.78 is 1.43. The van der Waals surface area contributed by atoms with Gasteiger partial charge in [-0.25, -0.2) is 4.98 Å². The molecule has 2 aromatic heterocycles. The molecule has 1 saturated heterocycles. The second-order valence-corrected chi connectivity index (χ2v) is 7.04. The van der Waals surface area contributed by atoms with Crippen LogP contribution in [0.25, 0.3) is 5.78 Å². The molecular weight excluding hydrogens is 338 g/mol. The molecule has 25 heavy (non-hydrogen) atoms. The van der Waals surface area contributed by atoms with Gasteiger partial charge in [-0.05, 0) is 50.3 Å². The monoisotopic (exact) mass is 357 g/mol. The van der Waals surface area contributed by atoms with E-state index in [1.165, 1.54) is 10.1 Å². The predicted molar refractivity (Wildman–Crippen MR) is 98.7 cm³/mol. The highest BCUT2D eigenvalue weighted by molar-refractivity contribution is 6.30. The fraction of sp³-hybridized carbons (Fsp3) is 0.389. The van der Waals surface area contributed by atoms with Crippen LogP contribution < -0.4 is 10.5 Å². The summed E-state index contributed by atoms with van der Waals surface area (Å²) in [5, 5.41) is 3.73. The fourth-order valence-electron chi connectivity index (χ4n) is 3.65. The van der Waals surface area contributed by atoms with Crippen LogP contribution in [0, 0.1) is 13.8 Å². The van der Waals surface area contributed by atoms with E-state index in [1.807, 2.05) is 26.0 Å². The van der Waals surface area contributed by atoms with Crippen LogP contribution in [0.2, 0.25) is 5.02 Å². The van der Waals surface area contributed by atoms with Crippen molar-refractivity contribution in [3.05, 3.63) is 56.7 Å². The van der Waals surface area contributed by atoms with Crippen molar-refractivity contribution in [1.82, 2.24) is 19.6 Å². The van der Waals surface area contributed by atoms with Crippen LogP contribution in [-0.2, 0) is 0 Å². The van der Waals surface area contributed by atoms with E-state index in [9.17, 15) is 4.79 Å². The molecule has 0 saturated carbocycles. The van der Waals surface area contributed by atoms with E-state index >= 15 is 0 Å². The largest absolute Gasteiger partial charge is 0.365 e. The number of nitrogens with one attached hydrogen (secondary N) is 1. The minimum absolute atomic E-state index is 0.0759. The number of rotatable bonds is 2. The number of piperidine rings is 1. The lowest BCUT2D eigenvalue weighted by atomic mass is 9.89. The minimum atomic E-state index is -0.0759. The average Bonchev–Trinajstić information content (AvgIpc) is 2.97. The van der Waals surface area contributed by atoms with Crippen molar-refractivity contribution in [2.24, 2.45) is 0 Å². The number of aromatic nitrogens is 4. The van der Waals surface area contributed by atoms with Gasteiger partial charge >= 0.3 is 0 Å². The first-order valence-electron chi connectivity index (χ1n) is 8.49. The molecule has 4 rings (SSSR count). The molecule has 7 heteroatoms. The molecule has 0 radical (unpaired) electrons. The molecule has 0 atom stereocenters. The molecule has 1 aromatic carbocycles. The van der Waals surface area contributed by atoms with E-state index < -0.39 is 0 Å². The third-order valence-electron chi connectivity index (χ3n) is 4.91. The molecule has 0 amide bonds. The number of hydrogen-bond donors (Lipinski definition) is 1. The summed E-state index contributed by atoms with van der Waals surface area (Å²) in [5.41, 5.74) is 2.65. The zero-order valence-electron chi connectivity index (χ0n) is 14.3. The molecule has 1 N–H and O–H groups in total. The Morgan fingerprint density at radius 1 is 1.12 bits per heavy atom. The van der Waals surface area contributed by atoms with Gasteiger partial charge in [-0.15, -0.1) is 0 Å². The van der Waals surface area contributed by atoms with Crippen molar-refractivity contribution in [2.45, 2.75) is 32.6 Å². The van der Waals surface area contributed by atoms with E-state index in [0.717, 1.165) is 36.6 Å². The summed E-state index contributed by atoms with van der Waals surface area (Å²) in [6, 6.07) is 8.09. The summed E-state index contributed by atoms with van der Waals surface area (Å²) in [7, 11) is 0. The number of hydrogen-bond acceptors (Lipinski definition) is 4. The standard InChI is InChI=1S/C18H20ClN5O/c1-11-16(17(25)24-18(20-11)21-12(2)22-24)23-9-7-14(8-10-23)13-3-5-15(19)6-4-13/h3-6,14H,7-10H2,1-2H3,(H,20,21,22). The molecule has 0 aliphatic carbocycles. The summed E-state index contributed by atoms with van der Waals surface area (Å²) in [5.74, 6) is 1.62. The number of aryl methyl sites for hydroxylation is 2. The zero-order valence-corrected chi connectivity index (χ0v) is 15.0. The van der Waals surface area contributed by atoms with Gasteiger partial charge in [0.1, 0.15) is 11.5 Å². The van der Waals surface area contributed by atoms with Gasteiger partial charge in [0, 0.05) is 18.1 Å². The van der Waals surface area contributed by atoms with Gasteiger partial charge in [0.25, 0.3) is 11.3 Å². The van der Waals surface area contributed by atoms with E-state index in [0.29, 0.717) is 23.2 Å². The lowest BCUT2D eigenvalue weighted by molar-refractivity contribution is 0.503. The molecule has 0 spiro atoms. The van der Waals surface area contributed by atoms with Gasteiger partial charge in [-0.1, -0.05) is 23.7 Å². The summed E-state index contributed by atoms with van der Waals surface area (Å²) in [6.07, 6.45) is 2.01. The number of anilines is 1. The highest BCUT2D eigenvalue weighted by atomic mass is 35.5. The first-order chi connectivity index (χ1) is 12.0. The van der Waals surface area contributed by atoms with Gasteiger partial charge in [0.15, 0.2) is 0 Å². The van der Waals surface area contributed by atoms with Crippen molar-refractivity contribution in [2.75, 3.05) is 18.0 Å². The molecule has 0 unspecified atom stereocenters. The van der Waals surface area contributed by atoms with Crippen LogP contribution >= 0.6 is 11.6 Å². The lowest BCUT2D eigenvalue weighted by Gasteiger charge is -2.33. The van der Waals surface area contributed by atoms with E-state index in [4.69, 9.17) is 11.6 Å². The Morgan fingerprint density at radius 2 is 1.80 bits per heavy atom. The molecule has 1 aliphatic rings. The number of benzene rings is 1. The molecule has 3 heterocycles. The number of nitrogens with zero attached hydrogens (tertiary/aromatic N) is 4. The Balaban J connectivity index is 1.59. The molecule has 1 aliphatic heterocycles. The molecule has 130 valence electrons. The normalized spacial score (nSPS) is 15.9. The third-order valence-corrected chi connectivity index (χ3v) is 5.16. The Bertz CT molecular complexity index is 968. The quantitative estimate of drug-likeness (QED) is 0.765. The molecule has 6 nitrogen and oxygen atoms in total. The van der Waals surface area contributed by atoms with Crippen LogP contribution in [0.15, 0.2) is 29.1 Å². The van der Waals surface area contributed by atoms with E-state index in [-0.39, 0.29) is 5.56 Å². The summed E-state index contributed by atoms with van der Waals surface area (Å²) >= 11 is 5.98. The van der Waals surface area contributed by atoms with Gasteiger partial charge in [0.2, 0.25) is 0 Å². The second-order valence-electron chi connectivity index (χ2n) is 6.61. The summed E-state index contributed by atoms with van der Waals surface area (Å²) in [6.45, 7) is 5.38. The third kappa shape index (κ3) is 2.91. The Kier molecular flexibility index (Phi) is 4.00. The number of aromatic amines is 1. The Labute approximate surface area is 150 Å². The molecule has 3 aromatic rings. The predicted octanol–water partition coefficient (Wildman–Crippen LogP) is 3.07. The van der Waals surface area contributed by atoms with Crippen molar-refractivity contribution in [1.29, 1.82) is 0 Å². The molecule has 0 bridgehead atoms. The van der Waals surface area contributed by atoms with Crippen LogP contribution in [0.3, 0.4) is 0 Å². The van der Waals surface area contributed by atoms with Gasteiger partial charge in [-0.3, -0.25) is 9.89 Å².